The summed E-state index contributed by atoms with van der Waals surface area (Å²) in [6.07, 6.45) is 0.903. The maximum absolute atomic E-state index is 12.6. The third-order valence-corrected chi connectivity index (χ3v) is 4.31. The summed E-state index contributed by atoms with van der Waals surface area (Å²) in [5.41, 5.74) is 3.50. The molecule has 2 heterocycles. The summed E-state index contributed by atoms with van der Waals surface area (Å²) in [4.78, 5) is 17.0. The van der Waals surface area contributed by atoms with Crippen LogP contribution in [0.4, 0.5) is 0 Å². The highest BCUT2D eigenvalue weighted by molar-refractivity contribution is 5.98. The lowest BCUT2D eigenvalue weighted by Crippen LogP contribution is -2.25. The molecule has 116 valence electrons. The van der Waals surface area contributed by atoms with Crippen LogP contribution in [0.3, 0.4) is 0 Å². The first-order chi connectivity index (χ1) is 11.2. The lowest BCUT2D eigenvalue weighted by molar-refractivity contribution is 0.360. The molecule has 0 spiro atoms. The van der Waals surface area contributed by atoms with Crippen molar-refractivity contribution in [2.45, 2.75) is 26.3 Å². The quantitative estimate of drug-likeness (QED) is 0.727. The number of benzene rings is 2. The molecule has 0 amide bonds. The van der Waals surface area contributed by atoms with Gasteiger partial charge in [-0.3, -0.25) is 4.57 Å². The van der Waals surface area contributed by atoms with E-state index in [0.717, 1.165) is 28.6 Å². The fourth-order valence-corrected chi connectivity index (χ4v) is 3.28. The molecule has 0 N–H and O–H groups in total. The van der Waals surface area contributed by atoms with Crippen molar-refractivity contribution < 1.29 is 4.74 Å². The minimum atomic E-state index is -0.218. The fraction of sp³-hybridized carbons (Fsp3) is 0.263. The molecule has 2 aromatic carbocycles. The second-order valence-electron chi connectivity index (χ2n) is 6.12. The molecule has 4 rings (SSSR count). The van der Waals surface area contributed by atoms with E-state index in [1.165, 1.54) is 5.56 Å². The lowest BCUT2D eigenvalue weighted by Gasteiger charge is -2.17. The van der Waals surface area contributed by atoms with Crippen LogP contribution in [-0.2, 0) is 6.42 Å². The third-order valence-electron chi connectivity index (χ3n) is 4.31. The molecule has 23 heavy (non-hydrogen) atoms. The average Bonchev–Trinajstić information content (AvgIpc) is 3.03. The van der Waals surface area contributed by atoms with Crippen molar-refractivity contribution in [2.75, 3.05) is 6.61 Å². The summed E-state index contributed by atoms with van der Waals surface area (Å²) in [7, 11) is 0. The Balaban J connectivity index is 2.17. The van der Waals surface area contributed by atoms with Crippen molar-refractivity contribution in [3.8, 4) is 17.0 Å². The molecule has 4 heteroatoms. The van der Waals surface area contributed by atoms with Crippen LogP contribution in [0.15, 0.2) is 47.3 Å². The van der Waals surface area contributed by atoms with Gasteiger partial charge in [-0.2, -0.15) is 4.98 Å². The predicted molar refractivity (Wildman–Crippen MR) is 91.0 cm³/mol. The van der Waals surface area contributed by atoms with E-state index in [1.54, 1.807) is 4.57 Å². The minimum absolute atomic E-state index is 0.0433. The van der Waals surface area contributed by atoms with E-state index in [4.69, 9.17) is 4.74 Å². The van der Waals surface area contributed by atoms with E-state index in [2.05, 4.69) is 11.1 Å². The van der Waals surface area contributed by atoms with Crippen LogP contribution in [0.25, 0.3) is 22.2 Å². The van der Waals surface area contributed by atoms with Gasteiger partial charge in [-0.25, -0.2) is 4.79 Å². The third kappa shape index (κ3) is 2.13. The normalized spacial score (nSPS) is 13.3. The molecule has 0 unspecified atom stereocenters. The smallest absolute Gasteiger partial charge is 0.348 e. The maximum atomic E-state index is 12.6. The molecular weight excluding hydrogens is 288 g/mol. The zero-order chi connectivity index (χ0) is 16.0. The molecule has 0 atom stereocenters. The van der Waals surface area contributed by atoms with E-state index in [-0.39, 0.29) is 11.7 Å². The van der Waals surface area contributed by atoms with Gasteiger partial charge in [0.05, 0.1) is 23.2 Å². The summed E-state index contributed by atoms with van der Waals surface area (Å²) in [5.74, 6) is 0.878. The lowest BCUT2D eigenvalue weighted by atomic mass is 10.0. The number of hydrogen-bond acceptors (Lipinski definition) is 3. The summed E-state index contributed by atoms with van der Waals surface area (Å²) in [5, 5.41) is 0.944. The van der Waals surface area contributed by atoms with Crippen LogP contribution in [0.1, 0.15) is 25.5 Å². The molecule has 0 saturated heterocycles. The highest BCUT2D eigenvalue weighted by atomic mass is 16.5. The van der Waals surface area contributed by atoms with Gasteiger partial charge in [0, 0.05) is 18.0 Å². The number of rotatable bonds is 2. The van der Waals surface area contributed by atoms with Crippen LogP contribution in [0.5, 0.6) is 5.75 Å². The van der Waals surface area contributed by atoms with Crippen LogP contribution >= 0.6 is 0 Å². The highest BCUT2D eigenvalue weighted by Gasteiger charge is 2.22. The monoisotopic (exact) mass is 306 g/mol. The average molecular weight is 306 g/mol. The van der Waals surface area contributed by atoms with Gasteiger partial charge >= 0.3 is 5.69 Å². The minimum Gasteiger partial charge on any atom is -0.492 e. The Morgan fingerprint density at radius 3 is 2.65 bits per heavy atom. The molecule has 3 aromatic rings. The van der Waals surface area contributed by atoms with Crippen molar-refractivity contribution in [1.29, 1.82) is 0 Å². The topological polar surface area (TPSA) is 44.1 Å². The second-order valence-corrected chi connectivity index (χ2v) is 6.12. The van der Waals surface area contributed by atoms with Crippen LogP contribution < -0.4 is 10.4 Å². The Morgan fingerprint density at radius 1 is 1.13 bits per heavy atom. The number of ether oxygens (including phenoxy) is 1. The Labute approximate surface area is 134 Å². The summed E-state index contributed by atoms with van der Waals surface area (Å²) in [6, 6.07) is 14.0. The van der Waals surface area contributed by atoms with E-state index in [9.17, 15) is 4.79 Å². The Morgan fingerprint density at radius 2 is 1.91 bits per heavy atom. The molecular formula is C19H18N2O2. The van der Waals surface area contributed by atoms with Crippen molar-refractivity contribution in [2.24, 2.45) is 0 Å². The Bertz CT molecular complexity index is 943. The zero-order valence-electron chi connectivity index (χ0n) is 13.2. The van der Waals surface area contributed by atoms with Crippen LogP contribution in [0.2, 0.25) is 0 Å². The van der Waals surface area contributed by atoms with Gasteiger partial charge in [-0.15, -0.1) is 0 Å². The van der Waals surface area contributed by atoms with Gasteiger partial charge < -0.3 is 4.74 Å². The highest BCUT2D eigenvalue weighted by Crippen LogP contribution is 2.39. The van der Waals surface area contributed by atoms with Crippen LogP contribution in [0, 0.1) is 0 Å². The maximum Gasteiger partial charge on any atom is 0.348 e. The van der Waals surface area contributed by atoms with Gasteiger partial charge in [0.15, 0.2) is 0 Å². The number of hydrogen-bond donors (Lipinski definition) is 0. The number of nitrogens with zero attached hydrogens (tertiary/aromatic N) is 2. The van der Waals surface area contributed by atoms with Crippen molar-refractivity contribution in [3.05, 3.63) is 58.5 Å². The first-order valence-electron chi connectivity index (χ1n) is 7.93. The van der Waals surface area contributed by atoms with E-state index in [0.29, 0.717) is 12.3 Å². The molecule has 0 bridgehead atoms. The van der Waals surface area contributed by atoms with Gasteiger partial charge in [0.1, 0.15) is 5.75 Å². The SMILES string of the molecule is CC(C)n1c(=O)nc(-c2ccccc2)c2c3c(ccc21)CCO3. The Kier molecular flexibility index (Phi) is 3.18. The van der Waals surface area contributed by atoms with Crippen molar-refractivity contribution in [3.63, 3.8) is 0 Å². The first-order valence-corrected chi connectivity index (χ1v) is 7.93. The van der Waals surface area contributed by atoms with Crippen molar-refractivity contribution >= 4 is 10.9 Å². The van der Waals surface area contributed by atoms with E-state index >= 15 is 0 Å². The van der Waals surface area contributed by atoms with Gasteiger partial charge in [-0.05, 0) is 25.5 Å². The van der Waals surface area contributed by atoms with E-state index in [1.807, 2.05) is 50.2 Å². The first kappa shape index (κ1) is 14.0. The number of aromatic nitrogens is 2. The summed E-state index contributed by atoms with van der Waals surface area (Å²) < 4.78 is 7.63. The van der Waals surface area contributed by atoms with Gasteiger partial charge in [-0.1, -0.05) is 36.4 Å². The standard InChI is InChI=1S/C19H18N2O2/c1-12(2)21-15-9-8-14-10-11-23-18(14)16(15)17(20-19(21)22)13-6-4-3-5-7-13/h3-9,12H,10-11H2,1-2H3. The molecule has 0 fully saturated rings. The Hall–Kier alpha value is -2.62. The molecule has 0 radical (unpaired) electrons. The van der Waals surface area contributed by atoms with Crippen molar-refractivity contribution in [1.82, 2.24) is 9.55 Å². The molecule has 1 aliphatic heterocycles. The predicted octanol–water partition coefficient (Wildman–Crippen LogP) is 3.58. The molecule has 1 aliphatic rings. The van der Waals surface area contributed by atoms with Crippen LogP contribution in [-0.4, -0.2) is 16.2 Å². The molecule has 4 nitrogen and oxygen atoms in total. The summed E-state index contributed by atoms with van der Waals surface area (Å²) >= 11 is 0. The molecule has 1 aromatic heterocycles. The largest absolute Gasteiger partial charge is 0.492 e. The van der Waals surface area contributed by atoms with Gasteiger partial charge in [0.2, 0.25) is 0 Å². The summed E-state index contributed by atoms with van der Waals surface area (Å²) in [6.45, 7) is 4.68. The zero-order valence-corrected chi connectivity index (χ0v) is 13.2. The number of fused-ring (bicyclic) bond motifs is 3. The second kappa shape index (κ2) is 5.23. The van der Waals surface area contributed by atoms with Gasteiger partial charge in [0.25, 0.3) is 0 Å². The fourth-order valence-electron chi connectivity index (χ4n) is 3.28. The molecule has 0 saturated carbocycles. The molecule has 0 aliphatic carbocycles. The van der Waals surface area contributed by atoms with E-state index < -0.39 is 0 Å².